The van der Waals surface area contributed by atoms with Crippen LogP contribution in [-0.2, 0) is 15.2 Å². The molecule has 1 heterocycles. The van der Waals surface area contributed by atoms with Gasteiger partial charge in [-0.15, -0.1) is 0 Å². The van der Waals surface area contributed by atoms with Crippen LogP contribution < -0.4 is 0 Å². The summed E-state index contributed by atoms with van der Waals surface area (Å²) < 4.78 is 11.2. The van der Waals surface area contributed by atoms with Gasteiger partial charge < -0.3 is 9.47 Å². The molecule has 1 aliphatic heterocycles. The Morgan fingerprint density at radius 1 is 1.58 bits per heavy atom. The third-order valence-corrected chi connectivity index (χ3v) is 5.50. The van der Waals surface area contributed by atoms with Gasteiger partial charge in [0.15, 0.2) is 0 Å². The molecule has 2 unspecified atom stereocenters. The maximum absolute atomic E-state index is 11.4. The first-order chi connectivity index (χ1) is 9.11. The molecule has 1 aliphatic rings. The number of carbonyl (C=O) groups excluding carboxylic acids is 1. The largest absolute Gasteiger partial charge is 0.465 e. The van der Waals surface area contributed by atoms with Crippen molar-refractivity contribution >= 4 is 33.7 Å². The van der Waals surface area contributed by atoms with Crippen LogP contribution >= 0.6 is 27.7 Å². The maximum atomic E-state index is 11.4. The number of benzene rings is 1. The fourth-order valence-corrected chi connectivity index (χ4v) is 4.00. The molecular formula is C14H17BrO3S. The van der Waals surface area contributed by atoms with Gasteiger partial charge in [-0.05, 0) is 31.0 Å². The molecule has 0 radical (unpaired) electrons. The molecule has 19 heavy (non-hydrogen) atoms. The Kier molecular flexibility index (Phi) is 5.30. The molecule has 0 spiro atoms. The van der Waals surface area contributed by atoms with Gasteiger partial charge in [0.25, 0.3) is 0 Å². The molecule has 0 aromatic heterocycles. The second-order valence-corrected chi connectivity index (χ2v) is 6.59. The van der Waals surface area contributed by atoms with Crippen molar-refractivity contribution in [2.24, 2.45) is 0 Å². The lowest BCUT2D eigenvalue weighted by Gasteiger charge is -2.14. The zero-order chi connectivity index (χ0) is 13.8. The van der Waals surface area contributed by atoms with E-state index in [1.807, 2.05) is 23.9 Å². The van der Waals surface area contributed by atoms with E-state index in [9.17, 15) is 4.79 Å². The van der Waals surface area contributed by atoms with Crippen molar-refractivity contribution < 1.29 is 14.3 Å². The molecule has 3 nitrogen and oxygen atoms in total. The Hall–Kier alpha value is -0.520. The Bertz CT molecular complexity index is 464. The molecule has 5 heteroatoms. The molecule has 0 aliphatic carbocycles. The first-order valence-electron chi connectivity index (χ1n) is 6.21. The first-order valence-corrected chi connectivity index (χ1v) is 8.06. The van der Waals surface area contributed by atoms with Gasteiger partial charge >= 0.3 is 5.97 Å². The Morgan fingerprint density at radius 2 is 2.37 bits per heavy atom. The molecule has 1 aromatic carbocycles. The SMILES string of the molecule is COC(=O)c1ccc(CSC2CCOC2C)c(Br)c1. The fourth-order valence-electron chi connectivity index (χ4n) is 2.04. The van der Waals surface area contributed by atoms with E-state index in [0.29, 0.717) is 16.9 Å². The number of methoxy groups -OCH3 is 1. The van der Waals surface area contributed by atoms with Crippen LogP contribution in [0.5, 0.6) is 0 Å². The molecular weight excluding hydrogens is 328 g/mol. The zero-order valence-corrected chi connectivity index (χ0v) is 13.4. The highest BCUT2D eigenvalue weighted by molar-refractivity contribution is 9.10. The zero-order valence-electron chi connectivity index (χ0n) is 11.0. The van der Waals surface area contributed by atoms with Gasteiger partial charge in [0.2, 0.25) is 0 Å². The lowest BCUT2D eigenvalue weighted by atomic mass is 10.1. The van der Waals surface area contributed by atoms with E-state index in [2.05, 4.69) is 22.9 Å². The Labute approximate surface area is 126 Å². The van der Waals surface area contributed by atoms with Crippen LogP contribution in [0.2, 0.25) is 0 Å². The van der Waals surface area contributed by atoms with Crippen LogP contribution in [-0.4, -0.2) is 31.0 Å². The van der Waals surface area contributed by atoms with Crippen molar-refractivity contribution in [1.82, 2.24) is 0 Å². The number of ether oxygens (including phenoxy) is 2. The van der Waals surface area contributed by atoms with Crippen LogP contribution in [0.3, 0.4) is 0 Å². The van der Waals surface area contributed by atoms with Gasteiger partial charge in [-0.25, -0.2) is 4.79 Å². The van der Waals surface area contributed by atoms with Crippen LogP contribution in [0.1, 0.15) is 29.3 Å². The number of hydrogen-bond acceptors (Lipinski definition) is 4. The van der Waals surface area contributed by atoms with E-state index in [1.54, 1.807) is 6.07 Å². The fraction of sp³-hybridized carbons (Fsp3) is 0.500. The van der Waals surface area contributed by atoms with Crippen molar-refractivity contribution in [2.75, 3.05) is 13.7 Å². The van der Waals surface area contributed by atoms with E-state index in [-0.39, 0.29) is 5.97 Å². The Morgan fingerprint density at radius 3 is 2.95 bits per heavy atom. The summed E-state index contributed by atoms with van der Waals surface area (Å²) in [5, 5.41) is 0.562. The lowest BCUT2D eigenvalue weighted by molar-refractivity contribution is 0.0600. The topological polar surface area (TPSA) is 35.5 Å². The second-order valence-electron chi connectivity index (χ2n) is 4.51. The number of halogens is 1. The van der Waals surface area contributed by atoms with Gasteiger partial charge in [0, 0.05) is 22.1 Å². The van der Waals surface area contributed by atoms with E-state index >= 15 is 0 Å². The highest BCUT2D eigenvalue weighted by Gasteiger charge is 2.24. The number of hydrogen-bond donors (Lipinski definition) is 0. The van der Waals surface area contributed by atoms with E-state index < -0.39 is 0 Å². The Balaban J connectivity index is 1.99. The molecule has 2 rings (SSSR count). The molecule has 0 amide bonds. The number of rotatable bonds is 4. The predicted molar refractivity (Wildman–Crippen MR) is 80.6 cm³/mol. The third kappa shape index (κ3) is 3.74. The summed E-state index contributed by atoms with van der Waals surface area (Å²) >= 11 is 5.43. The van der Waals surface area contributed by atoms with Gasteiger partial charge in [-0.1, -0.05) is 22.0 Å². The van der Waals surface area contributed by atoms with Gasteiger partial charge in [-0.3, -0.25) is 0 Å². The van der Waals surface area contributed by atoms with Crippen LogP contribution in [0, 0.1) is 0 Å². The van der Waals surface area contributed by atoms with E-state index in [1.165, 1.54) is 12.7 Å². The summed E-state index contributed by atoms with van der Waals surface area (Å²) in [6, 6.07) is 5.60. The smallest absolute Gasteiger partial charge is 0.337 e. The first kappa shape index (κ1) is 14.9. The maximum Gasteiger partial charge on any atom is 0.337 e. The number of esters is 1. The van der Waals surface area contributed by atoms with Gasteiger partial charge in [0.1, 0.15) is 0 Å². The van der Waals surface area contributed by atoms with Crippen molar-refractivity contribution in [3.8, 4) is 0 Å². The van der Waals surface area contributed by atoms with Gasteiger partial charge in [0.05, 0.1) is 18.8 Å². The summed E-state index contributed by atoms with van der Waals surface area (Å²) in [5.74, 6) is 0.609. The minimum Gasteiger partial charge on any atom is -0.465 e. The molecule has 0 saturated carbocycles. The third-order valence-electron chi connectivity index (χ3n) is 3.23. The van der Waals surface area contributed by atoms with Crippen LogP contribution in [0.25, 0.3) is 0 Å². The van der Waals surface area contributed by atoms with Crippen LogP contribution in [0.15, 0.2) is 22.7 Å². The van der Waals surface area contributed by atoms with Crippen molar-refractivity contribution in [3.05, 3.63) is 33.8 Å². The predicted octanol–water partition coefficient (Wildman–Crippen LogP) is 3.65. The summed E-state index contributed by atoms with van der Waals surface area (Å²) in [6.07, 6.45) is 1.45. The number of carbonyl (C=O) groups is 1. The standard InChI is InChI=1S/C14H17BrO3S/c1-9-13(5-6-18-9)19-8-11-4-3-10(7-12(11)15)14(16)17-2/h3-4,7,9,13H,5-6,8H2,1-2H3. The lowest BCUT2D eigenvalue weighted by Crippen LogP contribution is -2.13. The molecule has 2 atom stereocenters. The average molecular weight is 345 g/mol. The minimum absolute atomic E-state index is 0.308. The monoisotopic (exact) mass is 344 g/mol. The van der Waals surface area contributed by atoms with Crippen molar-refractivity contribution in [1.29, 1.82) is 0 Å². The van der Waals surface area contributed by atoms with Crippen LogP contribution in [0.4, 0.5) is 0 Å². The second kappa shape index (κ2) is 6.77. The summed E-state index contributed by atoms with van der Waals surface area (Å²) in [5.41, 5.74) is 1.76. The minimum atomic E-state index is -0.308. The van der Waals surface area contributed by atoms with Crippen molar-refractivity contribution in [3.63, 3.8) is 0 Å². The normalized spacial score (nSPS) is 22.5. The van der Waals surface area contributed by atoms with Crippen molar-refractivity contribution in [2.45, 2.75) is 30.5 Å². The highest BCUT2D eigenvalue weighted by Crippen LogP contribution is 2.31. The highest BCUT2D eigenvalue weighted by atomic mass is 79.9. The van der Waals surface area contributed by atoms with E-state index in [0.717, 1.165) is 23.3 Å². The molecule has 1 aromatic rings. The molecule has 1 saturated heterocycles. The van der Waals surface area contributed by atoms with Gasteiger partial charge in [-0.2, -0.15) is 11.8 Å². The number of thioether (sulfide) groups is 1. The average Bonchev–Trinajstić information content (AvgIpc) is 2.82. The summed E-state index contributed by atoms with van der Waals surface area (Å²) in [6.45, 7) is 2.99. The quantitative estimate of drug-likeness (QED) is 0.781. The molecule has 1 fully saturated rings. The van der Waals surface area contributed by atoms with E-state index in [4.69, 9.17) is 9.47 Å². The summed E-state index contributed by atoms with van der Waals surface area (Å²) in [4.78, 5) is 11.4. The summed E-state index contributed by atoms with van der Waals surface area (Å²) in [7, 11) is 1.39. The molecule has 104 valence electrons. The molecule has 0 N–H and O–H groups in total. The molecule has 0 bridgehead atoms.